The van der Waals surface area contributed by atoms with Crippen molar-refractivity contribution in [2.75, 3.05) is 0 Å². The highest BCUT2D eigenvalue weighted by molar-refractivity contribution is 5.81. The lowest BCUT2D eigenvalue weighted by Crippen LogP contribution is -1.95. The van der Waals surface area contributed by atoms with Gasteiger partial charge in [0.25, 0.3) is 0 Å². The Bertz CT molecular complexity index is 6170. The molecule has 0 saturated carbocycles. The molecule has 0 unspecified atom stereocenters. The summed E-state index contributed by atoms with van der Waals surface area (Å²) in [4.78, 5) is 48.1. The van der Waals surface area contributed by atoms with E-state index in [2.05, 4.69) is 192 Å². The Balaban J connectivity index is 0.000000161. The van der Waals surface area contributed by atoms with Crippen LogP contribution in [0.5, 0.6) is 0 Å². The summed E-state index contributed by atoms with van der Waals surface area (Å²) in [6, 6.07) is 124. The van der Waals surface area contributed by atoms with Crippen molar-refractivity contribution >= 4 is 0 Å². The van der Waals surface area contributed by atoms with Gasteiger partial charge in [-0.3, -0.25) is 19.9 Å². The van der Waals surface area contributed by atoms with Crippen molar-refractivity contribution in [3.8, 4) is 186 Å². The van der Waals surface area contributed by atoms with Gasteiger partial charge in [-0.1, -0.05) is 291 Å². The molecule has 12 heteroatoms. The lowest BCUT2D eigenvalue weighted by atomic mass is 9.99. The fraction of sp³-hybridized carbons (Fsp3) is 0. The van der Waals surface area contributed by atoms with Gasteiger partial charge in [-0.25, -0.2) is 34.3 Å². The van der Waals surface area contributed by atoms with Crippen molar-refractivity contribution in [1.29, 1.82) is 5.26 Å². The van der Waals surface area contributed by atoms with E-state index in [1.807, 2.05) is 182 Å². The molecule has 0 amide bonds. The first-order chi connectivity index (χ1) is 54.8. The van der Waals surface area contributed by atoms with E-state index >= 15 is 0 Å². The Hall–Kier alpha value is -15.3. The van der Waals surface area contributed by atoms with Crippen molar-refractivity contribution in [1.82, 2.24) is 49.8 Å². The zero-order chi connectivity index (χ0) is 74.7. The van der Waals surface area contributed by atoms with Crippen LogP contribution in [-0.4, -0.2) is 49.8 Å². The number of hydrogen-bond acceptors (Lipinski definition) is 11. The van der Waals surface area contributed by atoms with Gasteiger partial charge in [0.2, 0.25) is 0 Å². The third-order valence-corrected chi connectivity index (χ3v) is 19.2. The molecule has 11 nitrogen and oxygen atoms in total. The summed E-state index contributed by atoms with van der Waals surface area (Å²) in [5.74, 6) is 1.01. The Morgan fingerprint density at radius 2 is 0.423 bits per heavy atom. The highest BCUT2D eigenvalue weighted by atomic mass is 19.1. The third-order valence-electron chi connectivity index (χ3n) is 19.2. The van der Waals surface area contributed by atoms with Crippen molar-refractivity contribution < 1.29 is 4.39 Å². The highest BCUT2D eigenvalue weighted by Gasteiger charge is 2.18. The molecule has 18 rings (SSSR count). The zero-order valence-electron chi connectivity index (χ0n) is 59.7. The summed E-state index contributed by atoms with van der Waals surface area (Å²) in [6.07, 6.45) is 6.55. The van der Waals surface area contributed by atoms with Gasteiger partial charge in [0.05, 0.1) is 80.1 Å². The van der Waals surface area contributed by atoms with Crippen LogP contribution >= 0.6 is 0 Å². The first-order valence-corrected chi connectivity index (χ1v) is 36.3. The molecule has 0 atom stereocenters. The van der Waals surface area contributed by atoms with Gasteiger partial charge >= 0.3 is 0 Å². The van der Waals surface area contributed by atoms with Crippen LogP contribution in [0, 0.1) is 17.1 Å². The van der Waals surface area contributed by atoms with Crippen LogP contribution in [0.15, 0.2) is 389 Å². The lowest BCUT2D eigenvalue weighted by molar-refractivity contribution is 0.622. The molecule has 0 bridgehead atoms. The standard InChI is InChI=1S/C50H32N6.C49H32FN5/c51-31-34-16-26-44(52-32-34)48-28-43(35-10-4-1-5-11-35)29-49(54-48)45-27-25-42(33-53-45)38-19-17-36(18-20-38)37-21-23-40(24-22-37)47-30-46(39-12-6-2-7-13-39)55-50(56-47)41-14-8-3-9-15-41;50-42-25-27-44(52-32-42)48-29-41(33-10-4-1-5-11-33)28-47(53-48)43-26-24-40(31-51-43)36-18-16-34(17-19-36)35-20-22-38(23-21-35)46-30-45(37-12-6-2-7-13-37)54-49(55-46)39-14-8-3-9-15-39/h1-30,32-33H;1-32H. The van der Waals surface area contributed by atoms with Gasteiger partial charge in [-0.2, -0.15) is 5.26 Å². The maximum Gasteiger partial charge on any atom is 0.160 e. The zero-order valence-corrected chi connectivity index (χ0v) is 59.7. The van der Waals surface area contributed by atoms with Gasteiger partial charge in [0, 0.05) is 63.1 Å². The first kappa shape index (κ1) is 68.8. The molecule has 0 fully saturated rings. The molecular weight excluding hydrogens is 1360 g/mol. The molecule has 522 valence electrons. The van der Waals surface area contributed by atoms with Crippen molar-refractivity contribution in [2.24, 2.45) is 0 Å². The molecule has 0 radical (unpaired) electrons. The fourth-order valence-corrected chi connectivity index (χ4v) is 13.3. The third kappa shape index (κ3) is 15.8. The summed E-state index contributed by atoms with van der Waals surface area (Å²) in [5.41, 5.74) is 28.4. The maximum atomic E-state index is 13.7. The fourth-order valence-electron chi connectivity index (χ4n) is 13.3. The van der Waals surface area contributed by atoms with E-state index in [1.54, 1.807) is 18.3 Å². The van der Waals surface area contributed by atoms with Crippen LogP contribution in [-0.2, 0) is 0 Å². The smallest absolute Gasteiger partial charge is 0.160 e. The summed E-state index contributed by atoms with van der Waals surface area (Å²) < 4.78 is 13.7. The SMILES string of the molecule is Fc1ccc(-c2cc(-c3ccccc3)cc(-c3ccc(-c4ccc(-c5ccc(-c6cc(-c7ccccc7)nc(-c7ccccc7)n6)cc5)cc4)cn3)n2)nc1.N#Cc1ccc(-c2cc(-c3ccccc3)cc(-c3ccc(-c4ccc(-c5ccc(-c6cc(-c7ccccc7)nc(-c7ccccc7)n6)cc5)cc4)cn3)n2)nc1. The van der Waals surface area contributed by atoms with Gasteiger partial charge in [0.1, 0.15) is 11.9 Å². The minimum absolute atomic E-state index is 0.388. The molecule has 0 aliphatic heterocycles. The van der Waals surface area contributed by atoms with Crippen LogP contribution in [0.4, 0.5) is 4.39 Å². The summed E-state index contributed by atoms with van der Waals surface area (Å²) in [5, 5.41) is 9.25. The largest absolute Gasteiger partial charge is 0.254 e. The second-order valence-corrected chi connectivity index (χ2v) is 26.5. The van der Waals surface area contributed by atoms with Crippen LogP contribution in [0.25, 0.3) is 180 Å². The van der Waals surface area contributed by atoms with Crippen LogP contribution in [0.3, 0.4) is 0 Å². The molecule has 0 saturated heterocycles. The molecule has 8 heterocycles. The van der Waals surface area contributed by atoms with Crippen LogP contribution in [0.1, 0.15) is 5.56 Å². The van der Waals surface area contributed by atoms with E-state index in [0.29, 0.717) is 45.7 Å². The maximum absolute atomic E-state index is 13.7. The Kier molecular flexibility index (Phi) is 19.7. The number of rotatable bonds is 16. The number of benzene rings is 10. The van der Waals surface area contributed by atoms with E-state index in [1.165, 1.54) is 12.3 Å². The van der Waals surface area contributed by atoms with Gasteiger partial charge in [-0.15, -0.1) is 0 Å². The molecule has 0 N–H and O–H groups in total. The first-order valence-electron chi connectivity index (χ1n) is 36.3. The number of aromatic nitrogens is 10. The topological polar surface area (TPSA) is 153 Å². The quantitative estimate of drug-likeness (QED) is 0.0908. The molecule has 10 aromatic carbocycles. The Morgan fingerprint density at radius 1 is 0.180 bits per heavy atom. The Labute approximate surface area is 642 Å². The van der Waals surface area contributed by atoms with E-state index in [4.69, 9.17) is 39.9 Å². The molecular formula is C99H64FN11. The van der Waals surface area contributed by atoms with Gasteiger partial charge in [0.15, 0.2) is 11.6 Å². The molecule has 0 spiro atoms. The van der Waals surface area contributed by atoms with E-state index in [9.17, 15) is 9.65 Å². The normalized spacial score (nSPS) is 10.9. The lowest BCUT2D eigenvalue weighted by Gasteiger charge is -2.11. The summed E-state index contributed by atoms with van der Waals surface area (Å²) in [6.45, 7) is 0. The minimum atomic E-state index is -0.388. The van der Waals surface area contributed by atoms with Crippen LogP contribution in [0.2, 0.25) is 0 Å². The van der Waals surface area contributed by atoms with Crippen LogP contribution < -0.4 is 0 Å². The minimum Gasteiger partial charge on any atom is -0.254 e. The molecule has 18 aromatic rings. The van der Waals surface area contributed by atoms with E-state index in [0.717, 1.165) is 140 Å². The predicted molar refractivity (Wildman–Crippen MR) is 442 cm³/mol. The second-order valence-electron chi connectivity index (χ2n) is 26.5. The molecule has 0 aliphatic rings. The number of halogens is 1. The highest BCUT2D eigenvalue weighted by Crippen LogP contribution is 2.37. The van der Waals surface area contributed by atoms with E-state index < -0.39 is 0 Å². The average molecular weight is 1430 g/mol. The van der Waals surface area contributed by atoms with Gasteiger partial charge < -0.3 is 0 Å². The predicted octanol–water partition coefficient (Wildman–Crippen LogP) is 24.0. The Morgan fingerprint density at radius 3 is 0.703 bits per heavy atom. The number of nitriles is 1. The number of pyridine rings is 6. The number of nitrogens with zero attached hydrogens (tertiary/aromatic N) is 11. The van der Waals surface area contributed by atoms with Gasteiger partial charge in [-0.05, 0) is 128 Å². The molecule has 111 heavy (non-hydrogen) atoms. The molecule has 0 aliphatic carbocycles. The summed E-state index contributed by atoms with van der Waals surface area (Å²) in [7, 11) is 0. The van der Waals surface area contributed by atoms with Crippen molar-refractivity contribution in [3.05, 3.63) is 400 Å². The number of hydrogen-bond donors (Lipinski definition) is 0. The second kappa shape index (κ2) is 31.8. The summed E-state index contributed by atoms with van der Waals surface area (Å²) >= 11 is 0. The van der Waals surface area contributed by atoms with E-state index in [-0.39, 0.29) is 5.82 Å². The van der Waals surface area contributed by atoms with Crippen molar-refractivity contribution in [2.45, 2.75) is 0 Å². The monoisotopic (exact) mass is 1430 g/mol. The van der Waals surface area contributed by atoms with Crippen molar-refractivity contribution in [3.63, 3.8) is 0 Å². The average Bonchev–Trinajstić information content (AvgIpc) is 0.810. The molecule has 8 aromatic heterocycles.